The molecule has 1 saturated heterocycles. The van der Waals surface area contributed by atoms with Gasteiger partial charge in [0.15, 0.2) is 0 Å². The molecular formula is C28H31N5O3. The highest BCUT2D eigenvalue weighted by molar-refractivity contribution is 6.11. The van der Waals surface area contributed by atoms with Crippen LogP contribution in [-0.2, 0) is 0 Å². The minimum atomic E-state index is -0.504. The minimum Gasteiger partial charge on any atom is -0.481 e. The summed E-state index contributed by atoms with van der Waals surface area (Å²) in [5, 5.41) is 13.3. The number of ether oxygens (including phenoxy) is 1. The van der Waals surface area contributed by atoms with E-state index in [4.69, 9.17) is 9.72 Å². The van der Waals surface area contributed by atoms with Crippen molar-refractivity contribution in [3.63, 3.8) is 0 Å². The van der Waals surface area contributed by atoms with Gasteiger partial charge in [-0.05, 0) is 25.0 Å². The van der Waals surface area contributed by atoms with Gasteiger partial charge in [0.2, 0.25) is 5.88 Å². The first kappa shape index (κ1) is 22.8. The third-order valence-electron chi connectivity index (χ3n) is 7.74. The molecule has 0 bridgehead atoms. The summed E-state index contributed by atoms with van der Waals surface area (Å²) in [6.07, 6.45) is 6.54. The lowest BCUT2D eigenvalue weighted by atomic mass is 9.92. The van der Waals surface area contributed by atoms with Gasteiger partial charge in [-0.3, -0.25) is 9.36 Å². The maximum absolute atomic E-state index is 13.7. The van der Waals surface area contributed by atoms with E-state index in [2.05, 4.69) is 20.9 Å². The highest BCUT2D eigenvalue weighted by atomic mass is 16.5. The Balaban J connectivity index is 1.36. The van der Waals surface area contributed by atoms with Crippen LogP contribution in [0.2, 0.25) is 0 Å². The fraction of sp³-hybridized carbons (Fsp3) is 0.393. The Kier molecular flexibility index (Phi) is 5.97. The highest BCUT2D eigenvalue weighted by Gasteiger charge is 2.27. The second kappa shape index (κ2) is 9.43. The van der Waals surface area contributed by atoms with E-state index in [1.807, 2.05) is 42.6 Å². The molecular weight excluding hydrogens is 454 g/mol. The SMILES string of the molecule is COc1ccc(N2CCN(c3cc4c(=O)n([C@H]5CCCC[C@@H]5O)cnc4c4ccccc34)CC2)cn1. The molecule has 6 rings (SSSR count). The lowest BCUT2D eigenvalue weighted by molar-refractivity contribution is 0.0735. The number of nitrogens with zero attached hydrogens (tertiary/aromatic N) is 5. The Morgan fingerprint density at radius 2 is 1.67 bits per heavy atom. The van der Waals surface area contributed by atoms with Crippen molar-refractivity contribution in [2.24, 2.45) is 0 Å². The number of piperazine rings is 1. The summed E-state index contributed by atoms with van der Waals surface area (Å²) in [6, 6.07) is 13.9. The number of pyridine rings is 1. The first-order valence-electron chi connectivity index (χ1n) is 12.7. The number of aromatic nitrogens is 3. The van der Waals surface area contributed by atoms with Gasteiger partial charge in [0.1, 0.15) is 0 Å². The second-order valence-corrected chi connectivity index (χ2v) is 9.75. The summed E-state index contributed by atoms with van der Waals surface area (Å²) in [4.78, 5) is 27.5. The van der Waals surface area contributed by atoms with Crippen LogP contribution >= 0.6 is 0 Å². The first-order valence-corrected chi connectivity index (χ1v) is 12.7. The smallest absolute Gasteiger partial charge is 0.261 e. The molecule has 2 aromatic heterocycles. The molecule has 0 spiro atoms. The lowest BCUT2D eigenvalue weighted by Gasteiger charge is -2.38. The van der Waals surface area contributed by atoms with Crippen LogP contribution in [0.15, 0.2) is 59.8 Å². The number of fused-ring (bicyclic) bond motifs is 3. The third-order valence-corrected chi connectivity index (χ3v) is 7.74. The summed E-state index contributed by atoms with van der Waals surface area (Å²) in [5.41, 5.74) is 2.80. The number of aliphatic hydroxyl groups is 1. The van der Waals surface area contributed by atoms with Crippen molar-refractivity contribution >= 4 is 33.1 Å². The van der Waals surface area contributed by atoms with E-state index in [1.165, 1.54) is 0 Å². The molecule has 1 saturated carbocycles. The molecule has 2 atom stereocenters. The molecule has 0 amide bonds. The quantitative estimate of drug-likeness (QED) is 0.441. The third kappa shape index (κ3) is 3.95. The van der Waals surface area contributed by atoms with Crippen molar-refractivity contribution in [3.05, 3.63) is 65.3 Å². The van der Waals surface area contributed by atoms with Gasteiger partial charge in [0, 0.05) is 48.7 Å². The van der Waals surface area contributed by atoms with Gasteiger partial charge in [-0.2, -0.15) is 0 Å². The van der Waals surface area contributed by atoms with Crippen LogP contribution in [0.4, 0.5) is 11.4 Å². The van der Waals surface area contributed by atoms with Crippen LogP contribution in [0.5, 0.6) is 5.88 Å². The largest absolute Gasteiger partial charge is 0.481 e. The number of aliphatic hydroxyl groups excluding tert-OH is 1. The van der Waals surface area contributed by atoms with Crippen molar-refractivity contribution in [3.8, 4) is 5.88 Å². The topological polar surface area (TPSA) is 83.7 Å². The normalized spacial score (nSPS) is 20.7. The van der Waals surface area contributed by atoms with E-state index in [0.717, 1.165) is 79.5 Å². The van der Waals surface area contributed by atoms with Crippen molar-refractivity contribution in [2.45, 2.75) is 37.8 Å². The fourth-order valence-electron chi connectivity index (χ4n) is 5.75. The molecule has 186 valence electrons. The molecule has 0 radical (unpaired) electrons. The maximum atomic E-state index is 13.7. The minimum absolute atomic E-state index is 0.0686. The van der Waals surface area contributed by atoms with E-state index in [0.29, 0.717) is 11.3 Å². The van der Waals surface area contributed by atoms with Crippen molar-refractivity contribution in [1.82, 2.24) is 14.5 Å². The van der Waals surface area contributed by atoms with E-state index in [1.54, 1.807) is 18.0 Å². The summed E-state index contributed by atoms with van der Waals surface area (Å²) < 4.78 is 6.85. The molecule has 8 heteroatoms. The maximum Gasteiger partial charge on any atom is 0.261 e. The molecule has 8 nitrogen and oxygen atoms in total. The molecule has 3 heterocycles. The Bertz CT molecular complexity index is 1440. The van der Waals surface area contributed by atoms with E-state index in [9.17, 15) is 9.90 Å². The van der Waals surface area contributed by atoms with Crippen LogP contribution < -0.4 is 20.1 Å². The number of rotatable bonds is 4. The standard InChI is InChI=1S/C28H31N5O3/c1-36-26-11-10-19(17-29-26)31-12-14-32(15-13-31)24-16-22-27(21-7-3-2-6-20(21)24)30-18-33(28(22)35)23-8-4-5-9-25(23)34/h2-3,6-7,10-11,16-18,23,25,34H,4-5,8-9,12-15H2,1H3/t23-,25-/m0/s1. The van der Waals surface area contributed by atoms with Crippen molar-refractivity contribution < 1.29 is 9.84 Å². The van der Waals surface area contributed by atoms with Crippen LogP contribution in [-0.4, -0.2) is 59.0 Å². The highest BCUT2D eigenvalue weighted by Crippen LogP contribution is 2.34. The zero-order chi connectivity index (χ0) is 24.6. The number of anilines is 2. The Morgan fingerprint density at radius 3 is 2.39 bits per heavy atom. The van der Waals surface area contributed by atoms with Gasteiger partial charge in [-0.15, -0.1) is 0 Å². The molecule has 2 fully saturated rings. The molecule has 2 aromatic carbocycles. The summed E-state index contributed by atoms with van der Waals surface area (Å²) in [5.74, 6) is 0.611. The first-order chi connectivity index (χ1) is 17.6. The van der Waals surface area contributed by atoms with Crippen LogP contribution in [0.3, 0.4) is 0 Å². The predicted octanol–water partition coefficient (Wildman–Crippen LogP) is 3.76. The van der Waals surface area contributed by atoms with E-state index in [-0.39, 0.29) is 11.6 Å². The summed E-state index contributed by atoms with van der Waals surface area (Å²) in [6.45, 7) is 3.37. The van der Waals surface area contributed by atoms with Crippen LogP contribution in [0, 0.1) is 0 Å². The molecule has 1 aliphatic heterocycles. The summed E-state index contributed by atoms with van der Waals surface area (Å²) >= 11 is 0. The Labute approximate surface area is 209 Å². The monoisotopic (exact) mass is 485 g/mol. The van der Waals surface area contributed by atoms with Crippen LogP contribution in [0.25, 0.3) is 21.7 Å². The lowest BCUT2D eigenvalue weighted by Crippen LogP contribution is -2.46. The number of hydrogen-bond donors (Lipinski definition) is 1. The van der Waals surface area contributed by atoms with Crippen LogP contribution in [0.1, 0.15) is 31.7 Å². The van der Waals surface area contributed by atoms with Gasteiger partial charge in [0.25, 0.3) is 5.56 Å². The van der Waals surface area contributed by atoms with E-state index >= 15 is 0 Å². The predicted molar refractivity (Wildman–Crippen MR) is 142 cm³/mol. The van der Waals surface area contributed by atoms with Gasteiger partial charge in [-0.25, -0.2) is 9.97 Å². The number of benzene rings is 2. The zero-order valence-electron chi connectivity index (χ0n) is 20.5. The number of methoxy groups -OCH3 is 1. The fourth-order valence-corrected chi connectivity index (χ4v) is 5.75. The molecule has 1 N–H and O–H groups in total. The molecule has 0 unspecified atom stereocenters. The molecule has 2 aliphatic rings. The summed E-state index contributed by atoms with van der Waals surface area (Å²) in [7, 11) is 1.62. The zero-order valence-corrected chi connectivity index (χ0v) is 20.5. The Morgan fingerprint density at radius 1 is 0.917 bits per heavy atom. The van der Waals surface area contributed by atoms with Crippen molar-refractivity contribution in [1.29, 1.82) is 0 Å². The van der Waals surface area contributed by atoms with Gasteiger partial charge in [-0.1, -0.05) is 37.1 Å². The van der Waals surface area contributed by atoms with E-state index < -0.39 is 6.10 Å². The molecule has 4 aromatic rings. The van der Waals surface area contributed by atoms with Gasteiger partial charge < -0.3 is 19.6 Å². The molecule has 36 heavy (non-hydrogen) atoms. The average molecular weight is 486 g/mol. The van der Waals surface area contributed by atoms with Gasteiger partial charge >= 0.3 is 0 Å². The second-order valence-electron chi connectivity index (χ2n) is 9.75. The average Bonchev–Trinajstić information content (AvgIpc) is 2.94. The number of hydrogen-bond acceptors (Lipinski definition) is 7. The van der Waals surface area contributed by atoms with Crippen molar-refractivity contribution in [2.75, 3.05) is 43.1 Å². The molecule has 1 aliphatic carbocycles. The van der Waals surface area contributed by atoms with Gasteiger partial charge in [0.05, 0.1) is 48.4 Å². The Hall–Kier alpha value is -3.65.